The van der Waals surface area contributed by atoms with Gasteiger partial charge in [0, 0.05) is 42.1 Å². The summed E-state index contributed by atoms with van der Waals surface area (Å²) in [5, 5.41) is 3.81. The maximum absolute atomic E-state index is 12.9. The number of carbonyl (C=O) groups is 1. The van der Waals surface area contributed by atoms with E-state index < -0.39 is 0 Å². The van der Waals surface area contributed by atoms with E-state index in [9.17, 15) is 4.79 Å². The summed E-state index contributed by atoms with van der Waals surface area (Å²) in [6.45, 7) is 8.17. The number of hydrogen-bond donors (Lipinski definition) is 2. The molecule has 0 spiro atoms. The van der Waals surface area contributed by atoms with Crippen LogP contribution in [0.25, 0.3) is 10.9 Å². The number of benzene rings is 2. The van der Waals surface area contributed by atoms with Gasteiger partial charge in [0.05, 0.1) is 25.3 Å². The topological polar surface area (TPSA) is 66.6 Å². The van der Waals surface area contributed by atoms with Crippen LogP contribution in [-0.2, 0) is 0 Å². The number of nitrogens with zero attached hydrogens (tertiary/aromatic N) is 1. The Morgan fingerprint density at radius 1 is 1.07 bits per heavy atom. The fraction of sp³-hybridized carbons (Fsp3) is 0.318. The van der Waals surface area contributed by atoms with E-state index in [-0.39, 0.29) is 5.91 Å². The van der Waals surface area contributed by atoms with Gasteiger partial charge >= 0.3 is 0 Å². The van der Waals surface area contributed by atoms with Gasteiger partial charge in [-0.05, 0) is 50.6 Å². The molecule has 1 heterocycles. The lowest BCUT2D eigenvalue weighted by Gasteiger charge is -2.22. The molecule has 0 saturated heterocycles. The minimum atomic E-state index is -0.169. The second-order valence-corrected chi connectivity index (χ2v) is 6.58. The molecule has 0 aliphatic carbocycles. The van der Waals surface area contributed by atoms with Crippen LogP contribution >= 0.6 is 0 Å². The SMILES string of the molecule is CCN(CC)c1ccc(NC(=O)c2c[nH]c3cc(OC)c(OC)cc23)c(C)c1. The third-order valence-electron chi connectivity index (χ3n) is 5.02. The van der Waals surface area contributed by atoms with Gasteiger partial charge in [-0.1, -0.05) is 0 Å². The van der Waals surface area contributed by atoms with Crippen LogP contribution in [0.5, 0.6) is 11.5 Å². The van der Waals surface area contributed by atoms with E-state index in [0.717, 1.165) is 40.9 Å². The summed E-state index contributed by atoms with van der Waals surface area (Å²) < 4.78 is 10.7. The van der Waals surface area contributed by atoms with Crippen molar-refractivity contribution in [2.24, 2.45) is 0 Å². The van der Waals surface area contributed by atoms with E-state index in [1.807, 2.05) is 31.2 Å². The van der Waals surface area contributed by atoms with Crippen LogP contribution < -0.4 is 19.7 Å². The van der Waals surface area contributed by atoms with Gasteiger partial charge in [-0.25, -0.2) is 0 Å². The standard InChI is InChI=1S/C22H27N3O3/c1-6-25(7-2)15-8-9-18(14(3)10-15)24-22(26)17-13-23-19-12-21(28-5)20(27-4)11-16(17)19/h8-13,23H,6-7H2,1-5H3,(H,24,26). The number of nitrogens with one attached hydrogen (secondary N) is 2. The number of aromatic nitrogens is 1. The van der Waals surface area contributed by atoms with E-state index in [0.29, 0.717) is 17.1 Å². The molecule has 3 aromatic rings. The molecule has 0 aliphatic heterocycles. The van der Waals surface area contributed by atoms with Gasteiger partial charge in [0.2, 0.25) is 0 Å². The van der Waals surface area contributed by atoms with Crippen LogP contribution in [0.1, 0.15) is 29.8 Å². The highest BCUT2D eigenvalue weighted by molar-refractivity contribution is 6.13. The summed E-state index contributed by atoms with van der Waals surface area (Å²) in [6, 6.07) is 9.74. The molecule has 2 N–H and O–H groups in total. The van der Waals surface area contributed by atoms with Gasteiger partial charge in [0.15, 0.2) is 11.5 Å². The number of fused-ring (bicyclic) bond motifs is 1. The van der Waals surface area contributed by atoms with Crippen molar-refractivity contribution in [1.29, 1.82) is 0 Å². The molecular weight excluding hydrogens is 354 g/mol. The Kier molecular flexibility index (Phi) is 5.78. The molecule has 1 amide bonds. The van der Waals surface area contributed by atoms with Crippen molar-refractivity contribution in [2.45, 2.75) is 20.8 Å². The molecule has 0 atom stereocenters. The van der Waals surface area contributed by atoms with Crippen LogP contribution in [0.15, 0.2) is 36.5 Å². The fourth-order valence-electron chi connectivity index (χ4n) is 3.40. The monoisotopic (exact) mass is 381 g/mol. The number of hydrogen-bond acceptors (Lipinski definition) is 4. The van der Waals surface area contributed by atoms with Crippen LogP contribution in [0.3, 0.4) is 0 Å². The largest absolute Gasteiger partial charge is 0.493 e. The number of H-pyrrole nitrogens is 1. The van der Waals surface area contributed by atoms with Gasteiger partial charge in [-0.15, -0.1) is 0 Å². The highest BCUT2D eigenvalue weighted by atomic mass is 16.5. The molecule has 0 bridgehead atoms. The van der Waals surface area contributed by atoms with Crippen LogP contribution in [-0.4, -0.2) is 38.2 Å². The van der Waals surface area contributed by atoms with E-state index in [2.05, 4.69) is 35.1 Å². The first-order valence-corrected chi connectivity index (χ1v) is 9.42. The van der Waals surface area contributed by atoms with Crippen LogP contribution in [0, 0.1) is 6.92 Å². The summed E-state index contributed by atoms with van der Waals surface area (Å²) in [5.41, 5.74) is 4.36. The number of amides is 1. The Morgan fingerprint density at radius 3 is 2.36 bits per heavy atom. The summed E-state index contributed by atoms with van der Waals surface area (Å²) in [5.74, 6) is 1.03. The average molecular weight is 381 g/mol. The second-order valence-electron chi connectivity index (χ2n) is 6.58. The van der Waals surface area contributed by atoms with Gasteiger partial charge in [0.25, 0.3) is 5.91 Å². The molecule has 0 aliphatic rings. The smallest absolute Gasteiger partial charge is 0.257 e. The zero-order chi connectivity index (χ0) is 20.3. The Bertz CT molecular complexity index is 990. The first-order chi connectivity index (χ1) is 13.5. The van der Waals surface area contributed by atoms with E-state index in [4.69, 9.17) is 9.47 Å². The Morgan fingerprint density at radius 2 is 1.75 bits per heavy atom. The molecule has 0 saturated carbocycles. The lowest BCUT2D eigenvalue weighted by Crippen LogP contribution is -2.22. The summed E-state index contributed by atoms with van der Waals surface area (Å²) in [4.78, 5) is 18.3. The van der Waals surface area contributed by atoms with Crippen LogP contribution in [0.2, 0.25) is 0 Å². The van der Waals surface area contributed by atoms with Gasteiger partial charge in [0.1, 0.15) is 0 Å². The summed E-state index contributed by atoms with van der Waals surface area (Å²) in [6.07, 6.45) is 1.71. The van der Waals surface area contributed by atoms with E-state index in [1.165, 1.54) is 0 Å². The molecule has 2 aromatic carbocycles. The molecular formula is C22H27N3O3. The Labute approximate surface area is 165 Å². The highest BCUT2D eigenvalue weighted by Crippen LogP contribution is 2.33. The quantitative estimate of drug-likeness (QED) is 0.628. The molecule has 148 valence electrons. The third kappa shape index (κ3) is 3.63. The lowest BCUT2D eigenvalue weighted by atomic mass is 10.1. The first kappa shape index (κ1) is 19.6. The molecule has 3 rings (SSSR count). The highest BCUT2D eigenvalue weighted by Gasteiger charge is 2.16. The van der Waals surface area contributed by atoms with E-state index in [1.54, 1.807) is 20.4 Å². The van der Waals surface area contributed by atoms with Crippen molar-refractivity contribution in [3.05, 3.63) is 47.7 Å². The van der Waals surface area contributed by atoms with Crippen LogP contribution in [0.4, 0.5) is 11.4 Å². The minimum Gasteiger partial charge on any atom is -0.493 e. The number of anilines is 2. The van der Waals surface area contributed by atoms with Crippen molar-refractivity contribution in [3.8, 4) is 11.5 Å². The number of carbonyl (C=O) groups excluding carboxylic acids is 1. The molecule has 1 aromatic heterocycles. The summed E-state index contributed by atoms with van der Waals surface area (Å²) in [7, 11) is 3.17. The minimum absolute atomic E-state index is 0.169. The average Bonchev–Trinajstić information content (AvgIpc) is 3.12. The van der Waals surface area contributed by atoms with Gasteiger partial charge in [-0.3, -0.25) is 4.79 Å². The van der Waals surface area contributed by atoms with Crippen molar-refractivity contribution in [2.75, 3.05) is 37.5 Å². The zero-order valence-electron chi connectivity index (χ0n) is 17.1. The second kappa shape index (κ2) is 8.25. The number of aryl methyl sites for hydroxylation is 1. The molecule has 0 radical (unpaired) electrons. The predicted molar refractivity (Wildman–Crippen MR) is 114 cm³/mol. The normalized spacial score (nSPS) is 10.8. The number of ether oxygens (including phenoxy) is 2. The summed E-state index contributed by atoms with van der Waals surface area (Å²) >= 11 is 0. The number of aromatic amines is 1. The maximum atomic E-state index is 12.9. The zero-order valence-corrected chi connectivity index (χ0v) is 17.1. The van der Waals surface area contributed by atoms with Crippen molar-refractivity contribution in [3.63, 3.8) is 0 Å². The molecule has 0 fully saturated rings. The van der Waals surface area contributed by atoms with E-state index >= 15 is 0 Å². The Hall–Kier alpha value is -3.15. The lowest BCUT2D eigenvalue weighted by molar-refractivity contribution is 0.102. The van der Waals surface area contributed by atoms with Crippen molar-refractivity contribution in [1.82, 2.24) is 4.98 Å². The molecule has 0 unspecified atom stereocenters. The van der Waals surface area contributed by atoms with Gasteiger partial charge in [-0.2, -0.15) is 0 Å². The molecule has 6 heteroatoms. The number of rotatable bonds is 7. The maximum Gasteiger partial charge on any atom is 0.257 e. The number of methoxy groups -OCH3 is 2. The van der Waals surface area contributed by atoms with Gasteiger partial charge < -0.3 is 24.7 Å². The first-order valence-electron chi connectivity index (χ1n) is 9.42. The third-order valence-corrected chi connectivity index (χ3v) is 5.02. The Balaban J connectivity index is 1.89. The van der Waals surface area contributed by atoms with Crippen molar-refractivity contribution < 1.29 is 14.3 Å². The molecule has 6 nitrogen and oxygen atoms in total. The van der Waals surface area contributed by atoms with Crippen molar-refractivity contribution >= 4 is 28.2 Å². The predicted octanol–water partition coefficient (Wildman–Crippen LogP) is 4.59. The fourth-order valence-corrected chi connectivity index (χ4v) is 3.40. The molecule has 28 heavy (non-hydrogen) atoms.